The minimum Gasteiger partial charge on any atom is -0.497 e. The number of pyridine rings is 1. The number of sulfone groups is 1. The number of aryl methyl sites for hydroxylation is 3. The van der Waals surface area contributed by atoms with Gasteiger partial charge in [-0.05, 0) is 68.3 Å². The van der Waals surface area contributed by atoms with Crippen LogP contribution in [0.4, 0.5) is 0 Å². The molecular weight excluding hydrogens is 422 g/mol. The molecule has 162 valence electrons. The van der Waals surface area contributed by atoms with Crippen LogP contribution in [0.1, 0.15) is 32.6 Å². The third kappa shape index (κ3) is 3.78. The largest absolute Gasteiger partial charge is 0.497 e. The first-order valence-electron chi connectivity index (χ1n) is 10.1. The number of rotatable bonds is 5. The van der Waals surface area contributed by atoms with Crippen molar-refractivity contribution in [3.8, 4) is 5.75 Å². The van der Waals surface area contributed by atoms with Crippen LogP contribution >= 0.6 is 0 Å². The van der Waals surface area contributed by atoms with Gasteiger partial charge in [0.25, 0.3) is 0 Å². The number of carbonyl (C=O) groups excluding carboxylic acids is 1. The Labute approximate surface area is 187 Å². The van der Waals surface area contributed by atoms with Crippen LogP contribution in [0.3, 0.4) is 0 Å². The van der Waals surface area contributed by atoms with Crippen molar-refractivity contribution in [1.82, 2.24) is 4.98 Å². The average Bonchev–Trinajstić information content (AvgIpc) is 2.79. The molecule has 3 aromatic carbocycles. The molecule has 0 bridgehead atoms. The summed E-state index contributed by atoms with van der Waals surface area (Å²) in [5.41, 5.74) is 3.86. The second-order valence-electron chi connectivity index (χ2n) is 7.83. The number of aromatic nitrogens is 1. The normalized spacial score (nSPS) is 11.5. The minimum absolute atomic E-state index is 0.0366. The van der Waals surface area contributed by atoms with Crippen molar-refractivity contribution in [2.24, 2.45) is 0 Å². The van der Waals surface area contributed by atoms with Gasteiger partial charge < -0.3 is 4.74 Å². The second-order valence-corrected chi connectivity index (χ2v) is 9.72. The molecule has 0 atom stereocenters. The van der Waals surface area contributed by atoms with E-state index in [-0.39, 0.29) is 15.4 Å². The SMILES string of the molecule is COc1ccc2ncc(C(=O)c3ccc(C)c(C)c3)c(S(=O)(=O)c3ccc(C)cc3)c2c1. The molecule has 0 aliphatic heterocycles. The molecule has 0 spiro atoms. The zero-order chi connectivity index (χ0) is 23.0. The molecule has 0 amide bonds. The highest BCUT2D eigenvalue weighted by Crippen LogP contribution is 2.34. The molecule has 1 aromatic heterocycles. The Morgan fingerprint density at radius 1 is 0.875 bits per heavy atom. The molecule has 0 N–H and O–H groups in total. The molecule has 0 radical (unpaired) electrons. The predicted octanol–water partition coefficient (Wildman–Crippen LogP) is 5.23. The predicted molar refractivity (Wildman–Crippen MR) is 124 cm³/mol. The lowest BCUT2D eigenvalue weighted by Gasteiger charge is -2.14. The van der Waals surface area contributed by atoms with E-state index >= 15 is 0 Å². The van der Waals surface area contributed by atoms with Gasteiger partial charge in [0, 0.05) is 17.1 Å². The lowest BCUT2D eigenvalue weighted by molar-refractivity contribution is 0.103. The molecule has 0 aliphatic rings. The summed E-state index contributed by atoms with van der Waals surface area (Å²) >= 11 is 0. The summed E-state index contributed by atoms with van der Waals surface area (Å²) in [4.78, 5) is 18.0. The van der Waals surface area contributed by atoms with E-state index in [0.29, 0.717) is 22.2 Å². The highest BCUT2D eigenvalue weighted by Gasteiger charge is 2.29. The molecule has 0 fully saturated rings. The Kier molecular flexibility index (Phi) is 5.57. The van der Waals surface area contributed by atoms with Crippen molar-refractivity contribution < 1.29 is 17.9 Å². The van der Waals surface area contributed by atoms with Gasteiger partial charge in [-0.15, -0.1) is 0 Å². The van der Waals surface area contributed by atoms with Crippen LogP contribution in [0.15, 0.2) is 76.7 Å². The molecule has 4 rings (SSSR count). The molecule has 6 heteroatoms. The second kappa shape index (κ2) is 8.20. The first kappa shape index (κ1) is 21.7. The molecule has 32 heavy (non-hydrogen) atoms. The zero-order valence-electron chi connectivity index (χ0n) is 18.3. The number of hydrogen-bond acceptors (Lipinski definition) is 5. The van der Waals surface area contributed by atoms with E-state index in [9.17, 15) is 13.2 Å². The monoisotopic (exact) mass is 445 g/mol. The van der Waals surface area contributed by atoms with E-state index in [0.717, 1.165) is 16.7 Å². The number of fused-ring (bicyclic) bond motifs is 1. The van der Waals surface area contributed by atoms with E-state index < -0.39 is 15.6 Å². The highest BCUT2D eigenvalue weighted by molar-refractivity contribution is 7.91. The van der Waals surface area contributed by atoms with Gasteiger partial charge in [0.05, 0.1) is 28.0 Å². The maximum Gasteiger partial charge on any atom is 0.208 e. The van der Waals surface area contributed by atoms with Gasteiger partial charge in [-0.25, -0.2) is 8.42 Å². The molecular formula is C26H23NO4S. The number of hydrogen-bond donors (Lipinski definition) is 0. The molecule has 0 saturated heterocycles. The third-order valence-corrected chi connectivity index (χ3v) is 7.51. The van der Waals surface area contributed by atoms with Crippen molar-refractivity contribution in [2.45, 2.75) is 30.6 Å². The summed E-state index contributed by atoms with van der Waals surface area (Å²) in [5.74, 6) is 0.0893. The lowest BCUT2D eigenvalue weighted by Crippen LogP contribution is -2.13. The standard InChI is InChI=1S/C26H23NO4S/c1-16-5-10-21(11-6-16)32(29,30)26-22-14-20(31-4)9-12-24(22)27-15-23(26)25(28)19-8-7-17(2)18(3)13-19/h5-15H,1-4H3. The fourth-order valence-electron chi connectivity index (χ4n) is 3.60. The van der Waals surface area contributed by atoms with Gasteiger partial charge in [-0.3, -0.25) is 9.78 Å². The number of benzene rings is 3. The minimum atomic E-state index is -4.03. The summed E-state index contributed by atoms with van der Waals surface area (Å²) in [6.07, 6.45) is 1.35. The molecule has 0 aliphatic carbocycles. The zero-order valence-corrected chi connectivity index (χ0v) is 19.2. The summed E-state index contributed by atoms with van der Waals surface area (Å²) < 4.78 is 32.9. The first-order valence-corrected chi connectivity index (χ1v) is 11.6. The average molecular weight is 446 g/mol. The van der Waals surface area contributed by atoms with E-state index in [1.807, 2.05) is 26.8 Å². The van der Waals surface area contributed by atoms with E-state index in [4.69, 9.17) is 4.74 Å². The van der Waals surface area contributed by atoms with Crippen LogP contribution in [0, 0.1) is 20.8 Å². The van der Waals surface area contributed by atoms with Crippen molar-refractivity contribution in [3.63, 3.8) is 0 Å². The van der Waals surface area contributed by atoms with Crippen molar-refractivity contribution in [1.29, 1.82) is 0 Å². The summed E-state index contributed by atoms with van der Waals surface area (Å²) in [6.45, 7) is 5.76. The van der Waals surface area contributed by atoms with Crippen molar-refractivity contribution >= 4 is 26.5 Å². The van der Waals surface area contributed by atoms with Crippen LogP contribution in [0.2, 0.25) is 0 Å². The van der Waals surface area contributed by atoms with Crippen molar-refractivity contribution in [3.05, 3.63) is 94.7 Å². The fraction of sp³-hybridized carbons (Fsp3) is 0.154. The summed E-state index contributed by atoms with van der Waals surface area (Å²) in [7, 11) is -2.52. The quantitative estimate of drug-likeness (QED) is 0.393. The van der Waals surface area contributed by atoms with Gasteiger partial charge in [-0.1, -0.05) is 29.8 Å². The van der Waals surface area contributed by atoms with Gasteiger partial charge in [0.15, 0.2) is 5.78 Å². The maximum atomic E-state index is 13.8. The van der Waals surface area contributed by atoms with Crippen LogP contribution in [-0.4, -0.2) is 26.3 Å². The van der Waals surface area contributed by atoms with Crippen LogP contribution in [-0.2, 0) is 9.84 Å². The molecule has 1 heterocycles. The van der Waals surface area contributed by atoms with E-state index in [1.165, 1.54) is 13.3 Å². The molecule has 0 saturated carbocycles. The topological polar surface area (TPSA) is 73.3 Å². The smallest absolute Gasteiger partial charge is 0.208 e. The number of ether oxygens (including phenoxy) is 1. The van der Waals surface area contributed by atoms with E-state index in [1.54, 1.807) is 54.6 Å². The number of carbonyl (C=O) groups is 1. The van der Waals surface area contributed by atoms with Gasteiger partial charge >= 0.3 is 0 Å². The Balaban J connectivity index is 2.04. The van der Waals surface area contributed by atoms with Crippen LogP contribution in [0.5, 0.6) is 5.75 Å². The van der Waals surface area contributed by atoms with Gasteiger partial charge in [0.2, 0.25) is 9.84 Å². The molecule has 0 unspecified atom stereocenters. The number of ketones is 1. The Bertz CT molecular complexity index is 1460. The van der Waals surface area contributed by atoms with Crippen molar-refractivity contribution in [2.75, 3.05) is 7.11 Å². The molecule has 5 nitrogen and oxygen atoms in total. The maximum absolute atomic E-state index is 13.8. The Hall–Kier alpha value is -3.51. The number of nitrogens with zero attached hydrogens (tertiary/aromatic N) is 1. The van der Waals surface area contributed by atoms with Gasteiger partial charge in [-0.2, -0.15) is 0 Å². The van der Waals surface area contributed by atoms with Gasteiger partial charge in [0.1, 0.15) is 5.75 Å². The highest BCUT2D eigenvalue weighted by atomic mass is 32.2. The van der Waals surface area contributed by atoms with Crippen LogP contribution in [0.25, 0.3) is 10.9 Å². The summed E-state index contributed by atoms with van der Waals surface area (Å²) in [6, 6.07) is 16.9. The third-order valence-electron chi connectivity index (χ3n) is 5.64. The Morgan fingerprint density at radius 3 is 2.25 bits per heavy atom. The van der Waals surface area contributed by atoms with E-state index in [2.05, 4.69) is 4.98 Å². The summed E-state index contributed by atoms with van der Waals surface area (Å²) in [5, 5.41) is 0.347. The number of methoxy groups -OCH3 is 1. The Morgan fingerprint density at radius 2 is 1.59 bits per heavy atom. The fourth-order valence-corrected chi connectivity index (χ4v) is 5.22. The molecule has 4 aromatic rings. The first-order chi connectivity index (χ1) is 15.2. The lowest BCUT2D eigenvalue weighted by atomic mass is 9.99. The van der Waals surface area contributed by atoms with Crippen LogP contribution < -0.4 is 4.74 Å².